The minimum Gasteiger partial charge on any atom is -0.356 e. The highest BCUT2D eigenvalue weighted by Crippen LogP contribution is 2.16. The molecule has 3 aromatic rings. The molecule has 0 fully saturated rings. The lowest BCUT2D eigenvalue weighted by Crippen LogP contribution is -2.37. The van der Waals surface area contributed by atoms with Crippen LogP contribution in [0.5, 0.6) is 0 Å². The fraction of sp³-hybridized carbons (Fsp3) is 0.263. The molecule has 0 saturated carbocycles. The van der Waals surface area contributed by atoms with E-state index in [1.165, 1.54) is 20.7 Å². The number of nitrogens with zero attached hydrogens (tertiary/aromatic N) is 2. The van der Waals surface area contributed by atoms with Crippen molar-refractivity contribution >= 4 is 28.2 Å². The molecule has 0 aliphatic rings. The first kappa shape index (κ1) is 16.5. The molecule has 4 nitrogen and oxygen atoms in total. The molecular weight excluding hydrogens is 316 g/mol. The summed E-state index contributed by atoms with van der Waals surface area (Å²) >= 11 is 1.81. The highest BCUT2D eigenvalue weighted by molar-refractivity contribution is 7.11. The Hall–Kier alpha value is -2.40. The minimum absolute atomic E-state index is 0.800. The average Bonchev–Trinajstić information content (AvgIpc) is 3.03. The van der Waals surface area contributed by atoms with E-state index in [-0.39, 0.29) is 0 Å². The second kappa shape index (κ2) is 7.93. The van der Waals surface area contributed by atoms with Crippen molar-refractivity contribution in [1.82, 2.24) is 15.6 Å². The number of hydrogen-bond donors (Lipinski definition) is 2. The van der Waals surface area contributed by atoms with Gasteiger partial charge in [0.05, 0.1) is 12.1 Å². The number of rotatable bonds is 5. The minimum atomic E-state index is 0.800. The fourth-order valence-corrected chi connectivity index (χ4v) is 3.49. The van der Waals surface area contributed by atoms with E-state index in [4.69, 9.17) is 0 Å². The lowest BCUT2D eigenvalue weighted by molar-refractivity contribution is 0.801. The summed E-state index contributed by atoms with van der Waals surface area (Å²) in [6.45, 7) is 3.74. The standard InChI is InChI=1S/C19H22N4S/c1-14-8-9-17(24-14)13-23-19(20-2)22-12-10-16-6-3-5-15-7-4-11-21-18(15)16/h3-9,11H,10,12-13H2,1-2H3,(H2,20,22,23). The van der Waals surface area contributed by atoms with E-state index in [1.54, 1.807) is 7.05 Å². The first-order valence-corrected chi connectivity index (χ1v) is 8.90. The zero-order valence-corrected chi connectivity index (χ0v) is 14.9. The van der Waals surface area contributed by atoms with Crippen LogP contribution >= 0.6 is 11.3 Å². The average molecular weight is 338 g/mol. The van der Waals surface area contributed by atoms with Crippen molar-refractivity contribution in [2.75, 3.05) is 13.6 Å². The molecule has 5 heteroatoms. The second-order valence-electron chi connectivity index (χ2n) is 5.61. The molecule has 0 aliphatic heterocycles. The molecule has 0 amide bonds. The number of benzene rings is 1. The summed E-state index contributed by atoms with van der Waals surface area (Å²) in [6, 6.07) is 14.7. The molecule has 0 spiro atoms. The van der Waals surface area contributed by atoms with Gasteiger partial charge in [-0.3, -0.25) is 9.98 Å². The first-order valence-electron chi connectivity index (χ1n) is 8.09. The largest absolute Gasteiger partial charge is 0.356 e. The zero-order chi connectivity index (χ0) is 16.8. The fourth-order valence-electron chi connectivity index (χ4n) is 2.66. The van der Waals surface area contributed by atoms with Crippen LogP contribution in [0.4, 0.5) is 0 Å². The Morgan fingerprint density at radius 2 is 2.00 bits per heavy atom. The lowest BCUT2D eigenvalue weighted by Gasteiger charge is -2.12. The van der Waals surface area contributed by atoms with Gasteiger partial charge in [-0.1, -0.05) is 24.3 Å². The smallest absolute Gasteiger partial charge is 0.191 e. The quantitative estimate of drug-likeness (QED) is 0.553. The molecule has 0 bridgehead atoms. The van der Waals surface area contributed by atoms with Crippen molar-refractivity contribution in [3.05, 3.63) is 64.0 Å². The van der Waals surface area contributed by atoms with Gasteiger partial charge in [0.2, 0.25) is 0 Å². The monoisotopic (exact) mass is 338 g/mol. The Morgan fingerprint density at radius 1 is 1.12 bits per heavy atom. The van der Waals surface area contributed by atoms with Gasteiger partial charge in [-0.05, 0) is 37.1 Å². The SMILES string of the molecule is CN=C(NCCc1cccc2cccnc12)NCc1ccc(C)s1. The lowest BCUT2D eigenvalue weighted by atomic mass is 10.1. The number of pyridine rings is 1. The maximum absolute atomic E-state index is 4.51. The summed E-state index contributed by atoms with van der Waals surface area (Å²) in [5.41, 5.74) is 2.34. The summed E-state index contributed by atoms with van der Waals surface area (Å²) in [4.78, 5) is 11.4. The molecule has 2 heterocycles. The molecule has 0 atom stereocenters. The van der Waals surface area contributed by atoms with E-state index < -0.39 is 0 Å². The van der Waals surface area contributed by atoms with Gasteiger partial charge in [0.25, 0.3) is 0 Å². The van der Waals surface area contributed by atoms with Crippen LogP contribution in [0.25, 0.3) is 10.9 Å². The molecule has 1 aromatic carbocycles. The number of nitrogens with one attached hydrogen (secondary N) is 2. The van der Waals surface area contributed by atoms with E-state index in [1.807, 2.05) is 23.6 Å². The molecule has 0 unspecified atom stereocenters. The van der Waals surface area contributed by atoms with Crippen LogP contribution in [0, 0.1) is 6.92 Å². The topological polar surface area (TPSA) is 49.3 Å². The van der Waals surface area contributed by atoms with Crippen LogP contribution in [0.2, 0.25) is 0 Å². The number of aliphatic imine (C=N–C) groups is 1. The number of aromatic nitrogens is 1. The number of hydrogen-bond acceptors (Lipinski definition) is 3. The van der Waals surface area contributed by atoms with Gasteiger partial charge in [-0.2, -0.15) is 0 Å². The van der Waals surface area contributed by atoms with Crippen molar-refractivity contribution < 1.29 is 0 Å². The van der Waals surface area contributed by atoms with E-state index in [0.29, 0.717) is 0 Å². The predicted molar refractivity (Wildman–Crippen MR) is 103 cm³/mol. The first-order chi connectivity index (χ1) is 11.8. The van der Waals surface area contributed by atoms with Gasteiger partial charge < -0.3 is 10.6 Å². The Balaban J connectivity index is 1.54. The van der Waals surface area contributed by atoms with Crippen LogP contribution in [-0.4, -0.2) is 24.5 Å². The molecule has 0 saturated heterocycles. The Bertz CT molecular complexity index is 833. The third kappa shape index (κ3) is 4.11. The Labute approximate surface area is 146 Å². The van der Waals surface area contributed by atoms with Gasteiger partial charge in [0.1, 0.15) is 0 Å². The molecular formula is C19H22N4S. The van der Waals surface area contributed by atoms with Crippen molar-refractivity contribution in [1.29, 1.82) is 0 Å². The van der Waals surface area contributed by atoms with Crippen LogP contribution in [-0.2, 0) is 13.0 Å². The van der Waals surface area contributed by atoms with Crippen LogP contribution in [0.3, 0.4) is 0 Å². The number of fused-ring (bicyclic) bond motifs is 1. The summed E-state index contributed by atoms with van der Waals surface area (Å²) in [7, 11) is 1.80. The van der Waals surface area contributed by atoms with Crippen molar-refractivity contribution in [3.63, 3.8) is 0 Å². The second-order valence-corrected chi connectivity index (χ2v) is 6.98. The number of para-hydroxylation sites is 1. The summed E-state index contributed by atoms with van der Waals surface area (Å²) in [6.07, 6.45) is 2.76. The van der Waals surface area contributed by atoms with Gasteiger partial charge in [-0.25, -0.2) is 0 Å². The molecule has 124 valence electrons. The third-order valence-electron chi connectivity index (χ3n) is 3.85. The Morgan fingerprint density at radius 3 is 2.79 bits per heavy atom. The normalized spacial score (nSPS) is 11.7. The van der Waals surface area contributed by atoms with Crippen LogP contribution in [0.15, 0.2) is 53.7 Å². The number of guanidine groups is 1. The summed E-state index contributed by atoms with van der Waals surface area (Å²) in [5, 5.41) is 7.92. The maximum atomic E-state index is 4.51. The van der Waals surface area contributed by atoms with Crippen LogP contribution in [0.1, 0.15) is 15.3 Å². The highest BCUT2D eigenvalue weighted by atomic mass is 32.1. The molecule has 2 N–H and O–H groups in total. The Kier molecular flexibility index (Phi) is 5.43. The van der Waals surface area contributed by atoms with Gasteiger partial charge in [0.15, 0.2) is 5.96 Å². The highest BCUT2D eigenvalue weighted by Gasteiger charge is 2.03. The van der Waals surface area contributed by atoms with E-state index >= 15 is 0 Å². The van der Waals surface area contributed by atoms with Crippen LogP contribution < -0.4 is 10.6 Å². The van der Waals surface area contributed by atoms with Crippen molar-refractivity contribution in [2.45, 2.75) is 19.9 Å². The van der Waals surface area contributed by atoms with E-state index in [2.05, 4.69) is 63.9 Å². The third-order valence-corrected chi connectivity index (χ3v) is 4.85. The summed E-state index contributed by atoms with van der Waals surface area (Å²) in [5.74, 6) is 0.828. The van der Waals surface area contributed by atoms with Gasteiger partial charge in [0, 0.05) is 34.9 Å². The molecule has 3 rings (SSSR count). The molecule has 0 aliphatic carbocycles. The maximum Gasteiger partial charge on any atom is 0.191 e. The predicted octanol–water partition coefficient (Wildman–Crippen LogP) is 3.51. The van der Waals surface area contributed by atoms with E-state index in [0.717, 1.165) is 31.0 Å². The van der Waals surface area contributed by atoms with E-state index in [9.17, 15) is 0 Å². The summed E-state index contributed by atoms with van der Waals surface area (Å²) < 4.78 is 0. The number of aryl methyl sites for hydroxylation is 1. The molecule has 24 heavy (non-hydrogen) atoms. The van der Waals surface area contributed by atoms with Gasteiger partial charge in [-0.15, -0.1) is 11.3 Å². The number of thiophene rings is 1. The zero-order valence-electron chi connectivity index (χ0n) is 14.0. The van der Waals surface area contributed by atoms with Gasteiger partial charge >= 0.3 is 0 Å². The molecule has 2 aromatic heterocycles. The van der Waals surface area contributed by atoms with Crippen molar-refractivity contribution in [3.8, 4) is 0 Å². The molecule has 0 radical (unpaired) electrons. The van der Waals surface area contributed by atoms with Crippen molar-refractivity contribution in [2.24, 2.45) is 4.99 Å².